The maximum atomic E-state index is 10.6. The summed E-state index contributed by atoms with van der Waals surface area (Å²) in [4.78, 5) is 10.3. The number of carbonyl (C=O) groups excluding carboxylic acids is 1. The van der Waals surface area contributed by atoms with E-state index >= 15 is 0 Å². The average molecular weight is 176 g/mol. The minimum atomic E-state index is -3.56. The van der Waals surface area contributed by atoms with Crippen LogP contribution in [0.15, 0.2) is 0 Å². The molecule has 0 aliphatic heterocycles. The smallest absolute Gasteiger partial charge is 0.225 e. The summed E-state index contributed by atoms with van der Waals surface area (Å²) in [5, 5.41) is 8.01. The number of Topliss-reactive ketones (excluding diaryl/α,β-unsaturated/α-hetero) is 1. The van der Waals surface area contributed by atoms with Gasteiger partial charge in [-0.1, -0.05) is 0 Å². The van der Waals surface area contributed by atoms with Crippen LogP contribution in [-0.2, 0) is 14.8 Å². The minimum Gasteiger partial charge on any atom is -0.299 e. The van der Waals surface area contributed by atoms with Crippen molar-refractivity contribution in [2.45, 2.75) is 6.92 Å². The Hall–Kier alpha value is -0.930. The van der Waals surface area contributed by atoms with E-state index in [4.69, 9.17) is 5.26 Å². The molecule has 0 aromatic heterocycles. The van der Waals surface area contributed by atoms with Gasteiger partial charge in [-0.2, -0.15) is 5.26 Å². The summed E-state index contributed by atoms with van der Waals surface area (Å²) in [5.74, 6) is -0.896. The standard InChI is InChI=1S/C5H8N2O3S/c1-5(8)4-7-11(9,10)3-2-6/h7H,3-4H2,1H3. The van der Waals surface area contributed by atoms with Crippen molar-refractivity contribution in [1.29, 1.82) is 5.26 Å². The first-order chi connectivity index (χ1) is 4.98. The molecule has 0 bridgehead atoms. The number of hydrogen-bond acceptors (Lipinski definition) is 4. The van der Waals surface area contributed by atoms with Crippen LogP contribution < -0.4 is 4.72 Å². The molecular formula is C5H8N2O3S. The van der Waals surface area contributed by atoms with Crippen molar-refractivity contribution >= 4 is 15.8 Å². The topological polar surface area (TPSA) is 87.0 Å². The second-order valence-electron chi connectivity index (χ2n) is 1.94. The molecule has 0 saturated heterocycles. The van der Waals surface area contributed by atoms with Gasteiger partial charge in [0.25, 0.3) is 0 Å². The molecule has 1 N–H and O–H groups in total. The molecule has 0 saturated carbocycles. The Morgan fingerprint density at radius 3 is 2.55 bits per heavy atom. The minimum absolute atomic E-state index is 0.246. The zero-order valence-electron chi connectivity index (χ0n) is 5.99. The monoisotopic (exact) mass is 176 g/mol. The van der Waals surface area contributed by atoms with Gasteiger partial charge in [-0.15, -0.1) is 0 Å². The molecule has 0 atom stereocenters. The lowest BCUT2D eigenvalue weighted by Gasteiger charge is -1.98. The molecule has 0 aliphatic rings. The van der Waals surface area contributed by atoms with E-state index in [0.29, 0.717) is 0 Å². The maximum Gasteiger partial charge on any atom is 0.225 e. The zero-order valence-corrected chi connectivity index (χ0v) is 6.81. The van der Waals surface area contributed by atoms with E-state index in [1.165, 1.54) is 13.0 Å². The lowest BCUT2D eigenvalue weighted by Crippen LogP contribution is -2.30. The summed E-state index contributed by atoms with van der Waals surface area (Å²) in [6.45, 7) is 1.01. The molecule has 5 nitrogen and oxygen atoms in total. The third-order valence-electron chi connectivity index (χ3n) is 0.796. The van der Waals surface area contributed by atoms with Crippen LogP contribution in [0.5, 0.6) is 0 Å². The number of rotatable bonds is 4. The van der Waals surface area contributed by atoms with Gasteiger partial charge in [-0.05, 0) is 6.92 Å². The summed E-state index contributed by atoms with van der Waals surface area (Å²) >= 11 is 0. The van der Waals surface area contributed by atoms with E-state index in [1.807, 2.05) is 4.72 Å². The highest BCUT2D eigenvalue weighted by molar-refractivity contribution is 7.89. The Morgan fingerprint density at radius 1 is 1.64 bits per heavy atom. The van der Waals surface area contributed by atoms with Gasteiger partial charge in [0.15, 0.2) is 5.75 Å². The summed E-state index contributed by atoms with van der Waals surface area (Å²) < 4.78 is 23.3. The Labute approximate surface area is 65.1 Å². The molecule has 0 unspecified atom stereocenters. The summed E-state index contributed by atoms with van der Waals surface area (Å²) in [7, 11) is -3.56. The number of sulfonamides is 1. The van der Waals surface area contributed by atoms with Crippen molar-refractivity contribution in [2.75, 3.05) is 12.3 Å². The van der Waals surface area contributed by atoms with Crippen molar-refractivity contribution < 1.29 is 13.2 Å². The highest BCUT2D eigenvalue weighted by Crippen LogP contribution is 1.80. The van der Waals surface area contributed by atoms with E-state index in [9.17, 15) is 13.2 Å². The van der Waals surface area contributed by atoms with Crippen LogP contribution in [-0.4, -0.2) is 26.5 Å². The Balaban J connectivity index is 3.96. The van der Waals surface area contributed by atoms with Crippen LogP contribution >= 0.6 is 0 Å². The number of carbonyl (C=O) groups is 1. The summed E-state index contributed by atoms with van der Waals surface area (Å²) in [6, 6.07) is 1.47. The van der Waals surface area contributed by atoms with Crippen molar-refractivity contribution in [3.63, 3.8) is 0 Å². The van der Waals surface area contributed by atoms with Crippen LogP contribution in [0.3, 0.4) is 0 Å². The largest absolute Gasteiger partial charge is 0.299 e. The van der Waals surface area contributed by atoms with Gasteiger partial charge >= 0.3 is 0 Å². The first kappa shape index (κ1) is 10.1. The quantitative estimate of drug-likeness (QED) is 0.596. The van der Waals surface area contributed by atoms with Crippen molar-refractivity contribution in [2.24, 2.45) is 0 Å². The van der Waals surface area contributed by atoms with Gasteiger partial charge in [0, 0.05) is 0 Å². The highest BCUT2D eigenvalue weighted by Gasteiger charge is 2.08. The molecule has 11 heavy (non-hydrogen) atoms. The van der Waals surface area contributed by atoms with Crippen LogP contribution in [0.1, 0.15) is 6.92 Å². The first-order valence-electron chi connectivity index (χ1n) is 2.81. The predicted octanol–water partition coefficient (Wildman–Crippen LogP) is -0.982. The molecule has 0 heterocycles. The third-order valence-corrected chi connectivity index (χ3v) is 1.89. The van der Waals surface area contributed by atoms with Gasteiger partial charge < -0.3 is 0 Å². The summed E-state index contributed by atoms with van der Waals surface area (Å²) in [5.41, 5.74) is 0. The van der Waals surface area contributed by atoms with Gasteiger partial charge in [-0.3, -0.25) is 4.79 Å². The molecule has 0 amide bonds. The zero-order chi connectivity index (χ0) is 8.91. The van der Waals surface area contributed by atoms with Gasteiger partial charge in [-0.25, -0.2) is 13.1 Å². The molecule has 0 aromatic carbocycles. The van der Waals surface area contributed by atoms with E-state index in [2.05, 4.69) is 0 Å². The van der Waals surface area contributed by atoms with Gasteiger partial charge in [0.05, 0.1) is 12.6 Å². The Bertz CT molecular complexity index is 275. The van der Waals surface area contributed by atoms with Crippen molar-refractivity contribution in [3.05, 3.63) is 0 Å². The molecule has 0 aliphatic carbocycles. The number of ketones is 1. The molecule has 0 radical (unpaired) electrons. The van der Waals surface area contributed by atoms with Crippen LogP contribution in [0.25, 0.3) is 0 Å². The van der Waals surface area contributed by atoms with Gasteiger partial charge in [0.1, 0.15) is 5.78 Å². The Kier molecular flexibility index (Phi) is 3.71. The molecule has 0 spiro atoms. The fourth-order valence-corrected chi connectivity index (χ4v) is 1.04. The molecule has 0 rings (SSSR count). The van der Waals surface area contributed by atoms with Gasteiger partial charge in [0.2, 0.25) is 10.0 Å². The van der Waals surface area contributed by atoms with Crippen molar-refractivity contribution in [3.8, 4) is 6.07 Å². The Morgan fingerprint density at radius 2 is 2.18 bits per heavy atom. The number of nitrogens with zero attached hydrogens (tertiary/aromatic N) is 1. The second kappa shape index (κ2) is 4.05. The highest BCUT2D eigenvalue weighted by atomic mass is 32.2. The molecule has 6 heteroatoms. The fourth-order valence-electron chi connectivity index (χ4n) is 0.348. The number of nitriles is 1. The van der Waals surface area contributed by atoms with E-state index in [-0.39, 0.29) is 12.3 Å². The van der Waals surface area contributed by atoms with E-state index in [1.54, 1.807) is 0 Å². The van der Waals surface area contributed by atoms with E-state index in [0.717, 1.165) is 0 Å². The normalized spacial score (nSPS) is 10.5. The predicted molar refractivity (Wildman–Crippen MR) is 38.1 cm³/mol. The first-order valence-corrected chi connectivity index (χ1v) is 4.47. The van der Waals surface area contributed by atoms with Crippen LogP contribution in [0, 0.1) is 11.3 Å². The third kappa shape index (κ3) is 5.51. The van der Waals surface area contributed by atoms with Crippen LogP contribution in [0.2, 0.25) is 0 Å². The number of hydrogen-bond donors (Lipinski definition) is 1. The fraction of sp³-hybridized carbons (Fsp3) is 0.600. The van der Waals surface area contributed by atoms with Crippen molar-refractivity contribution in [1.82, 2.24) is 4.72 Å². The molecule has 0 aromatic rings. The molecular weight excluding hydrogens is 168 g/mol. The summed E-state index contributed by atoms with van der Waals surface area (Å²) in [6.07, 6.45) is 0. The molecule has 62 valence electrons. The SMILES string of the molecule is CC(=O)CNS(=O)(=O)CC#N. The van der Waals surface area contributed by atoms with Crippen LogP contribution in [0.4, 0.5) is 0 Å². The van der Waals surface area contributed by atoms with E-state index < -0.39 is 15.8 Å². The number of nitrogens with one attached hydrogen (secondary N) is 1. The maximum absolute atomic E-state index is 10.6. The average Bonchev–Trinajstić information content (AvgIpc) is 1.84. The lowest BCUT2D eigenvalue weighted by molar-refractivity contribution is -0.115. The lowest BCUT2D eigenvalue weighted by atomic mass is 10.5. The molecule has 0 fully saturated rings. The second-order valence-corrected chi connectivity index (χ2v) is 3.75.